The van der Waals surface area contributed by atoms with Crippen LogP contribution in [0.5, 0.6) is 0 Å². The third-order valence-corrected chi connectivity index (χ3v) is 2.79. The fraction of sp³-hybridized carbons (Fsp3) is 0.700. The molecule has 0 aromatic rings. The molecule has 0 bridgehead atoms. The molecule has 2 fully saturated rings. The minimum absolute atomic E-state index is 0.0281. The Bertz CT molecular complexity index is 285. The van der Waals surface area contributed by atoms with Gasteiger partial charge in [-0.25, -0.2) is 0 Å². The topological polar surface area (TPSA) is 78.6 Å². The second kappa shape index (κ2) is 3.81. The van der Waals surface area contributed by atoms with E-state index in [9.17, 15) is 9.59 Å². The van der Waals surface area contributed by atoms with Gasteiger partial charge in [0.25, 0.3) is 11.7 Å². The van der Waals surface area contributed by atoms with Crippen LogP contribution < -0.4 is 5.73 Å². The Morgan fingerprint density at radius 3 is 2.67 bits per heavy atom. The molecule has 1 heterocycles. The summed E-state index contributed by atoms with van der Waals surface area (Å²) >= 11 is 0. The van der Waals surface area contributed by atoms with E-state index in [0.717, 1.165) is 25.7 Å². The zero-order valence-electron chi connectivity index (χ0n) is 8.40. The molecule has 2 aliphatic rings. The smallest absolute Gasteiger partial charge is 0.309 e. The highest BCUT2D eigenvalue weighted by Crippen LogP contribution is 2.32. The minimum atomic E-state index is -1.61. The lowest BCUT2D eigenvalue weighted by Crippen LogP contribution is -2.48. The standard InChI is InChI=1S/C10H14NO4/c11-9(13)10(6-5-8(12)15-10)14-7-3-1-2-4-7/h6-7H,1-5H2,(H2,11,13). The summed E-state index contributed by atoms with van der Waals surface area (Å²) in [6.45, 7) is 0. The molecule has 2 rings (SSSR count). The van der Waals surface area contributed by atoms with Gasteiger partial charge in [-0.1, -0.05) is 12.8 Å². The van der Waals surface area contributed by atoms with Crippen molar-refractivity contribution in [2.45, 2.75) is 44.0 Å². The summed E-state index contributed by atoms with van der Waals surface area (Å²) in [4.78, 5) is 22.2. The number of carbonyl (C=O) groups excluding carboxylic acids is 2. The van der Waals surface area contributed by atoms with E-state index in [4.69, 9.17) is 15.2 Å². The van der Waals surface area contributed by atoms with Crippen LogP contribution in [0.3, 0.4) is 0 Å². The molecular formula is C10H14NO4. The fourth-order valence-corrected chi connectivity index (χ4v) is 2.01. The van der Waals surface area contributed by atoms with Crippen molar-refractivity contribution < 1.29 is 19.1 Å². The van der Waals surface area contributed by atoms with E-state index >= 15 is 0 Å². The predicted octanol–water partition coefficient (Wildman–Crippen LogP) is 0.278. The fourth-order valence-electron chi connectivity index (χ4n) is 2.01. The van der Waals surface area contributed by atoms with Gasteiger partial charge >= 0.3 is 5.97 Å². The van der Waals surface area contributed by atoms with Crippen molar-refractivity contribution in [3.63, 3.8) is 0 Å². The Hall–Kier alpha value is -1.10. The van der Waals surface area contributed by atoms with Gasteiger partial charge in [0, 0.05) is 0 Å². The average molecular weight is 212 g/mol. The van der Waals surface area contributed by atoms with Crippen LogP contribution in [0, 0.1) is 6.42 Å². The van der Waals surface area contributed by atoms with Crippen LogP contribution in [0.15, 0.2) is 0 Å². The quantitative estimate of drug-likeness (QED) is 0.681. The monoisotopic (exact) mass is 212 g/mol. The van der Waals surface area contributed by atoms with Gasteiger partial charge in [-0.3, -0.25) is 9.59 Å². The summed E-state index contributed by atoms with van der Waals surface area (Å²) in [6.07, 6.45) is 5.40. The number of amides is 1. The van der Waals surface area contributed by atoms with E-state index in [2.05, 4.69) is 0 Å². The molecule has 1 saturated carbocycles. The summed E-state index contributed by atoms with van der Waals surface area (Å²) in [5.41, 5.74) is 5.20. The number of hydrogen-bond acceptors (Lipinski definition) is 4. The first-order chi connectivity index (χ1) is 7.12. The molecule has 1 unspecified atom stereocenters. The number of hydrogen-bond donors (Lipinski definition) is 1. The number of rotatable bonds is 3. The van der Waals surface area contributed by atoms with Gasteiger partial charge in [-0.15, -0.1) is 0 Å². The molecule has 5 heteroatoms. The molecule has 2 N–H and O–H groups in total. The largest absolute Gasteiger partial charge is 0.423 e. The molecule has 1 saturated heterocycles. The van der Waals surface area contributed by atoms with Gasteiger partial charge in [0.05, 0.1) is 18.9 Å². The lowest BCUT2D eigenvalue weighted by molar-refractivity contribution is -0.214. The first-order valence-corrected chi connectivity index (χ1v) is 5.16. The van der Waals surface area contributed by atoms with Crippen molar-refractivity contribution in [1.82, 2.24) is 0 Å². The van der Waals surface area contributed by atoms with Crippen molar-refractivity contribution in [2.24, 2.45) is 5.73 Å². The summed E-state index contributed by atoms with van der Waals surface area (Å²) in [6, 6.07) is 0. The minimum Gasteiger partial charge on any atom is -0.423 e. The van der Waals surface area contributed by atoms with Crippen LogP contribution in [0.25, 0.3) is 0 Å². The lowest BCUT2D eigenvalue weighted by Gasteiger charge is -2.27. The molecule has 0 aromatic carbocycles. The Kier molecular flexibility index (Phi) is 2.65. The number of primary amides is 1. The van der Waals surface area contributed by atoms with Gasteiger partial charge in [0.2, 0.25) is 0 Å². The zero-order valence-corrected chi connectivity index (χ0v) is 8.40. The highest BCUT2D eigenvalue weighted by atomic mass is 16.7. The summed E-state index contributed by atoms with van der Waals surface area (Å²) < 4.78 is 10.4. The van der Waals surface area contributed by atoms with Crippen molar-refractivity contribution in [2.75, 3.05) is 0 Å². The number of nitrogens with two attached hydrogens (primary N) is 1. The predicted molar refractivity (Wildman–Crippen MR) is 50.3 cm³/mol. The van der Waals surface area contributed by atoms with Gasteiger partial charge in [-0.2, -0.15) is 0 Å². The molecule has 1 amide bonds. The van der Waals surface area contributed by atoms with Crippen LogP contribution in [0.2, 0.25) is 0 Å². The second-order valence-electron chi connectivity index (χ2n) is 3.94. The van der Waals surface area contributed by atoms with E-state index in [1.165, 1.54) is 6.42 Å². The molecule has 0 aromatic heterocycles. The Morgan fingerprint density at radius 2 is 2.20 bits per heavy atom. The first kappa shape index (κ1) is 10.4. The summed E-state index contributed by atoms with van der Waals surface area (Å²) in [5.74, 6) is -2.82. The molecule has 0 spiro atoms. The maximum atomic E-state index is 11.2. The maximum absolute atomic E-state index is 11.2. The van der Waals surface area contributed by atoms with Crippen molar-refractivity contribution in [3.05, 3.63) is 6.42 Å². The van der Waals surface area contributed by atoms with Gasteiger partial charge < -0.3 is 15.2 Å². The van der Waals surface area contributed by atoms with Crippen LogP contribution in [0.1, 0.15) is 32.1 Å². The van der Waals surface area contributed by atoms with Gasteiger partial charge in [0.1, 0.15) is 0 Å². The van der Waals surface area contributed by atoms with Gasteiger partial charge in [-0.05, 0) is 12.8 Å². The Balaban J connectivity index is 2.05. The molecule has 1 atom stereocenters. The molecule has 15 heavy (non-hydrogen) atoms. The summed E-state index contributed by atoms with van der Waals surface area (Å²) in [5, 5.41) is 0. The van der Waals surface area contributed by atoms with E-state index < -0.39 is 17.7 Å². The highest BCUT2D eigenvalue weighted by Gasteiger charge is 2.49. The van der Waals surface area contributed by atoms with Crippen LogP contribution in [-0.4, -0.2) is 23.8 Å². The normalized spacial score (nSPS) is 31.9. The Labute approximate surface area is 87.9 Å². The Morgan fingerprint density at radius 1 is 1.53 bits per heavy atom. The van der Waals surface area contributed by atoms with Crippen molar-refractivity contribution in [3.8, 4) is 0 Å². The highest BCUT2D eigenvalue weighted by molar-refractivity contribution is 5.90. The van der Waals surface area contributed by atoms with Crippen molar-refractivity contribution >= 4 is 11.9 Å². The third kappa shape index (κ3) is 1.97. The first-order valence-electron chi connectivity index (χ1n) is 5.16. The zero-order chi connectivity index (χ0) is 10.9. The van der Waals surface area contributed by atoms with Crippen molar-refractivity contribution in [1.29, 1.82) is 0 Å². The molecule has 1 aliphatic carbocycles. The van der Waals surface area contributed by atoms with Gasteiger partial charge in [0.15, 0.2) is 0 Å². The van der Waals surface area contributed by atoms with E-state index in [1.807, 2.05) is 0 Å². The average Bonchev–Trinajstić information content (AvgIpc) is 2.77. The molecule has 1 radical (unpaired) electrons. The number of carbonyl (C=O) groups is 2. The van der Waals surface area contributed by atoms with E-state index in [1.54, 1.807) is 0 Å². The van der Waals surface area contributed by atoms with E-state index in [0.29, 0.717) is 0 Å². The number of cyclic esters (lactones) is 1. The van der Waals surface area contributed by atoms with Crippen LogP contribution in [-0.2, 0) is 19.1 Å². The third-order valence-electron chi connectivity index (χ3n) is 2.79. The second-order valence-corrected chi connectivity index (χ2v) is 3.94. The van der Waals surface area contributed by atoms with E-state index in [-0.39, 0.29) is 12.5 Å². The summed E-state index contributed by atoms with van der Waals surface area (Å²) in [7, 11) is 0. The maximum Gasteiger partial charge on any atom is 0.309 e. The molecule has 83 valence electrons. The lowest BCUT2D eigenvalue weighted by atomic mass is 10.1. The SMILES string of the molecule is NC(=O)C1(OC2CCCC2)[CH]CC(=O)O1. The van der Waals surface area contributed by atoms with Crippen LogP contribution in [0.4, 0.5) is 0 Å². The number of ether oxygens (including phenoxy) is 2. The molecule has 1 aliphatic heterocycles. The number of esters is 1. The van der Waals surface area contributed by atoms with Crippen LogP contribution >= 0.6 is 0 Å². The molecular weight excluding hydrogens is 198 g/mol. The molecule has 5 nitrogen and oxygen atoms in total.